The largest absolute Gasteiger partial charge is 0.377 e. The van der Waals surface area contributed by atoms with Crippen molar-refractivity contribution in [1.29, 1.82) is 0 Å². The molecule has 0 bridgehead atoms. The van der Waals surface area contributed by atoms with Crippen LogP contribution in [-0.4, -0.2) is 27.2 Å². The van der Waals surface area contributed by atoms with Crippen molar-refractivity contribution in [2.75, 3.05) is 6.61 Å². The summed E-state index contributed by atoms with van der Waals surface area (Å²) in [6, 6.07) is 3.86. The molecule has 5 heteroatoms. The monoisotopic (exact) mass is 237 g/mol. The van der Waals surface area contributed by atoms with E-state index in [1.165, 1.54) is 0 Å². The van der Waals surface area contributed by atoms with Crippen molar-refractivity contribution in [3.63, 3.8) is 0 Å². The summed E-state index contributed by atoms with van der Waals surface area (Å²) in [5, 5.41) is 0. The molecule has 86 valence electrons. The molecule has 0 saturated heterocycles. The van der Waals surface area contributed by atoms with Crippen molar-refractivity contribution in [3.05, 3.63) is 23.1 Å². The first-order chi connectivity index (χ1) is 7.68. The number of rotatable bonds is 4. The van der Waals surface area contributed by atoms with Gasteiger partial charge in [-0.05, 0) is 38.2 Å². The number of hydrogen-bond acceptors (Lipinski definition) is 3. The molecule has 4 nitrogen and oxygen atoms in total. The van der Waals surface area contributed by atoms with Gasteiger partial charge in [-0.25, -0.2) is 4.98 Å². The normalized spacial score (nSPS) is 11.4. The number of pyridine rings is 1. The Bertz CT molecular complexity index is 529. The molecule has 0 amide bonds. The Labute approximate surface area is 99.3 Å². The fourth-order valence-corrected chi connectivity index (χ4v) is 1.86. The third-order valence-electron chi connectivity index (χ3n) is 2.30. The summed E-state index contributed by atoms with van der Waals surface area (Å²) in [5.74, 6) is 0. The zero-order valence-electron chi connectivity index (χ0n) is 9.43. The molecule has 0 spiro atoms. The van der Waals surface area contributed by atoms with Crippen LogP contribution in [0.3, 0.4) is 0 Å². The number of nitrogens with one attached hydrogen (secondary N) is 1. The van der Waals surface area contributed by atoms with E-state index in [-0.39, 0.29) is 6.10 Å². The van der Waals surface area contributed by atoms with Gasteiger partial charge in [0.15, 0.2) is 10.4 Å². The number of fused-ring (bicyclic) bond motifs is 1. The lowest BCUT2D eigenvalue weighted by Gasteiger charge is -2.08. The molecule has 0 radical (unpaired) electrons. The minimum absolute atomic E-state index is 0.243. The van der Waals surface area contributed by atoms with Gasteiger partial charge in [-0.15, -0.1) is 0 Å². The lowest BCUT2D eigenvalue weighted by Crippen LogP contribution is -2.10. The first-order valence-electron chi connectivity index (χ1n) is 5.33. The molecule has 0 aliphatic carbocycles. The number of ether oxygens (including phenoxy) is 1. The van der Waals surface area contributed by atoms with Crippen molar-refractivity contribution < 1.29 is 4.74 Å². The standard InChI is InChI=1S/C11H15N3OS/c1-8(2)15-7-6-14-10-9(13-11(14)16)4-3-5-12-10/h3-5,8H,6-7H2,1-2H3,(H,13,16). The van der Waals surface area contributed by atoms with Gasteiger partial charge in [-0.1, -0.05) is 0 Å². The Morgan fingerprint density at radius 3 is 3.12 bits per heavy atom. The fraction of sp³-hybridized carbons (Fsp3) is 0.455. The highest BCUT2D eigenvalue weighted by atomic mass is 32.1. The van der Waals surface area contributed by atoms with Crippen LogP contribution in [0, 0.1) is 4.77 Å². The summed E-state index contributed by atoms with van der Waals surface area (Å²) in [6.45, 7) is 5.42. The van der Waals surface area contributed by atoms with E-state index in [4.69, 9.17) is 17.0 Å². The van der Waals surface area contributed by atoms with Crippen LogP contribution in [0.1, 0.15) is 13.8 Å². The molecule has 0 aliphatic heterocycles. The van der Waals surface area contributed by atoms with Gasteiger partial charge in [0.2, 0.25) is 0 Å². The van der Waals surface area contributed by atoms with Crippen molar-refractivity contribution in [2.24, 2.45) is 0 Å². The second-order valence-corrected chi connectivity index (χ2v) is 4.26. The number of aromatic amines is 1. The molecule has 2 aromatic rings. The second kappa shape index (κ2) is 4.76. The highest BCUT2D eigenvalue weighted by Crippen LogP contribution is 2.10. The smallest absolute Gasteiger partial charge is 0.179 e. The summed E-state index contributed by atoms with van der Waals surface area (Å²) in [6.07, 6.45) is 2.01. The topological polar surface area (TPSA) is 42.8 Å². The predicted molar refractivity (Wildman–Crippen MR) is 66.0 cm³/mol. The van der Waals surface area contributed by atoms with E-state index in [1.807, 2.05) is 30.5 Å². The van der Waals surface area contributed by atoms with E-state index < -0.39 is 0 Å². The van der Waals surface area contributed by atoms with Crippen LogP contribution >= 0.6 is 12.2 Å². The minimum Gasteiger partial charge on any atom is -0.377 e. The summed E-state index contributed by atoms with van der Waals surface area (Å²) in [7, 11) is 0. The average molecular weight is 237 g/mol. The maximum atomic E-state index is 5.51. The highest BCUT2D eigenvalue weighted by molar-refractivity contribution is 7.71. The van der Waals surface area contributed by atoms with E-state index in [2.05, 4.69) is 9.97 Å². The van der Waals surface area contributed by atoms with E-state index in [0.717, 1.165) is 17.7 Å². The molecule has 0 aliphatic rings. The number of H-pyrrole nitrogens is 1. The molecular weight excluding hydrogens is 222 g/mol. The number of hydrogen-bond donors (Lipinski definition) is 1. The Balaban J connectivity index is 2.23. The van der Waals surface area contributed by atoms with Crippen LogP contribution in [0.25, 0.3) is 11.2 Å². The Hall–Kier alpha value is -1.20. The van der Waals surface area contributed by atoms with Crippen LogP contribution in [-0.2, 0) is 11.3 Å². The quantitative estimate of drug-likeness (QED) is 0.831. The molecule has 2 aromatic heterocycles. The maximum Gasteiger partial charge on any atom is 0.179 e. The molecule has 16 heavy (non-hydrogen) atoms. The first kappa shape index (κ1) is 11.3. The van der Waals surface area contributed by atoms with Crippen LogP contribution in [0.2, 0.25) is 0 Å². The molecular formula is C11H15N3OS. The van der Waals surface area contributed by atoms with Crippen LogP contribution in [0.4, 0.5) is 0 Å². The lowest BCUT2D eigenvalue weighted by atomic mass is 10.4. The van der Waals surface area contributed by atoms with Gasteiger partial charge in [0, 0.05) is 6.20 Å². The van der Waals surface area contributed by atoms with Gasteiger partial charge in [0.1, 0.15) is 0 Å². The van der Waals surface area contributed by atoms with Gasteiger partial charge in [0.25, 0.3) is 0 Å². The molecule has 0 atom stereocenters. The van der Waals surface area contributed by atoms with Gasteiger partial charge >= 0.3 is 0 Å². The van der Waals surface area contributed by atoms with Crippen molar-refractivity contribution >= 4 is 23.4 Å². The molecule has 1 N–H and O–H groups in total. The van der Waals surface area contributed by atoms with Crippen molar-refractivity contribution in [3.8, 4) is 0 Å². The molecule has 0 aromatic carbocycles. The Kier molecular flexibility index (Phi) is 3.36. The van der Waals surface area contributed by atoms with Crippen molar-refractivity contribution in [1.82, 2.24) is 14.5 Å². The number of aromatic nitrogens is 3. The van der Waals surface area contributed by atoms with E-state index in [9.17, 15) is 0 Å². The van der Waals surface area contributed by atoms with Gasteiger partial charge in [-0.3, -0.25) is 4.57 Å². The van der Waals surface area contributed by atoms with E-state index in [0.29, 0.717) is 11.4 Å². The van der Waals surface area contributed by atoms with Crippen LogP contribution in [0.5, 0.6) is 0 Å². The Morgan fingerprint density at radius 2 is 2.38 bits per heavy atom. The van der Waals surface area contributed by atoms with Crippen LogP contribution in [0.15, 0.2) is 18.3 Å². The first-order valence-corrected chi connectivity index (χ1v) is 5.74. The van der Waals surface area contributed by atoms with Gasteiger partial charge < -0.3 is 9.72 Å². The third kappa shape index (κ3) is 2.31. The lowest BCUT2D eigenvalue weighted by molar-refractivity contribution is 0.0730. The minimum atomic E-state index is 0.243. The number of imidazole rings is 1. The number of nitrogens with zero attached hydrogens (tertiary/aromatic N) is 2. The van der Waals surface area contributed by atoms with Gasteiger partial charge in [0.05, 0.1) is 24.8 Å². The zero-order valence-corrected chi connectivity index (χ0v) is 10.3. The summed E-state index contributed by atoms with van der Waals surface area (Å²) in [4.78, 5) is 7.43. The van der Waals surface area contributed by atoms with Gasteiger partial charge in [-0.2, -0.15) is 0 Å². The molecule has 2 rings (SSSR count). The molecule has 0 unspecified atom stereocenters. The average Bonchev–Trinajstić information content (AvgIpc) is 2.55. The highest BCUT2D eigenvalue weighted by Gasteiger charge is 2.04. The summed E-state index contributed by atoms with van der Waals surface area (Å²) in [5.41, 5.74) is 1.86. The van der Waals surface area contributed by atoms with Crippen molar-refractivity contribution in [2.45, 2.75) is 26.5 Å². The zero-order chi connectivity index (χ0) is 11.5. The molecule has 0 saturated carbocycles. The molecule has 0 fully saturated rings. The Morgan fingerprint density at radius 1 is 1.56 bits per heavy atom. The van der Waals surface area contributed by atoms with E-state index >= 15 is 0 Å². The second-order valence-electron chi connectivity index (χ2n) is 3.88. The van der Waals surface area contributed by atoms with Crippen LogP contribution < -0.4 is 0 Å². The van der Waals surface area contributed by atoms with E-state index in [1.54, 1.807) is 6.20 Å². The predicted octanol–water partition coefficient (Wildman–Crippen LogP) is 2.52. The molecule has 2 heterocycles. The summed E-state index contributed by atoms with van der Waals surface area (Å²) >= 11 is 5.24. The fourth-order valence-electron chi connectivity index (χ4n) is 1.58. The SMILES string of the molecule is CC(C)OCCn1c(=S)[nH]c2cccnc21. The maximum absolute atomic E-state index is 5.51. The summed E-state index contributed by atoms with van der Waals surface area (Å²) < 4.78 is 8.17. The third-order valence-corrected chi connectivity index (χ3v) is 2.62.